The Labute approximate surface area is 118 Å². The van der Waals surface area contributed by atoms with Gasteiger partial charge < -0.3 is 10.5 Å². The molecule has 1 aromatic carbocycles. The summed E-state index contributed by atoms with van der Waals surface area (Å²) in [5.41, 5.74) is 7.87. The van der Waals surface area contributed by atoms with Crippen molar-refractivity contribution in [2.45, 2.75) is 26.8 Å². The second kappa shape index (κ2) is 6.17. The molecule has 4 heteroatoms. The van der Waals surface area contributed by atoms with Gasteiger partial charge in [0.05, 0.1) is 12.3 Å². The summed E-state index contributed by atoms with van der Waals surface area (Å²) in [6.07, 6.45) is 0. The minimum Gasteiger partial charge on any atom is -0.493 e. The van der Waals surface area contributed by atoms with Gasteiger partial charge in [0.15, 0.2) is 0 Å². The average molecular weight is 276 g/mol. The SMILES string of the molecule is CC(C)COc1ccc(-c2nc(C(C)N)cs2)cc1. The first-order valence-electron chi connectivity index (χ1n) is 6.50. The largest absolute Gasteiger partial charge is 0.493 e. The van der Waals surface area contributed by atoms with E-state index < -0.39 is 0 Å². The van der Waals surface area contributed by atoms with Crippen LogP contribution < -0.4 is 10.5 Å². The average Bonchev–Trinajstić information content (AvgIpc) is 2.86. The Morgan fingerprint density at radius 2 is 1.89 bits per heavy atom. The van der Waals surface area contributed by atoms with Gasteiger partial charge in [-0.2, -0.15) is 0 Å². The van der Waals surface area contributed by atoms with Gasteiger partial charge in [-0.3, -0.25) is 0 Å². The fraction of sp³-hybridized carbons (Fsp3) is 0.400. The molecule has 102 valence electrons. The smallest absolute Gasteiger partial charge is 0.123 e. The standard InChI is InChI=1S/C15H20N2OS/c1-10(2)8-18-13-6-4-12(5-7-13)15-17-14(9-19-15)11(3)16/h4-7,9-11H,8,16H2,1-3H3. The Balaban J connectivity index is 2.08. The molecule has 19 heavy (non-hydrogen) atoms. The molecule has 0 saturated heterocycles. The summed E-state index contributed by atoms with van der Waals surface area (Å²) < 4.78 is 5.66. The topological polar surface area (TPSA) is 48.1 Å². The molecule has 0 aliphatic heterocycles. The third-order valence-electron chi connectivity index (χ3n) is 2.67. The molecule has 0 aliphatic rings. The van der Waals surface area contributed by atoms with Crippen molar-refractivity contribution in [2.24, 2.45) is 11.7 Å². The molecule has 1 aromatic heterocycles. The maximum Gasteiger partial charge on any atom is 0.123 e. The molecule has 2 rings (SSSR count). The Hall–Kier alpha value is -1.39. The number of ether oxygens (including phenoxy) is 1. The lowest BCUT2D eigenvalue weighted by atomic mass is 10.2. The van der Waals surface area contributed by atoms with Crippen LogP contribution in [0.25, 0.3) is 10.6 Å². The van der Waals surface area contributed by atoms with Crippen molar-refractivity contribution in [3.05, 3.63) is 35.3 Å². The number of nitrogens with zero attached hydrogens (tertiary/aromatic N) is 1. The quantitative estimate of drug-likeness (QED) is 0.902. The van der Waals surface area contributed by atoms with Crippen LogP contribution in [0.3, 0.4) is 0 Å². The van der Waals surface area contributed by atoms with E-state index in [-0.39, 0.29) is 6.04 Å². The molecule has 3 nitrogen and oxygen atoms in total. The van der Waals surface area contributed by atoms with Gasteiger partial charge in [-0.05, 0) is 37.1 Å². The highest BCUT2D eigenvalue weighted by molar-refractivity contribution is 7.13. The van der Waals surface area contributed by atoms with Gasteiger partial charge in [-0.15, -0.1) is 11.3 Å². The van der Waals surface area contributed by atoms with E-state index in [0.717, 1.165) is 28.6 Å². The summed E-state index contributed by atoms with van der Waals surface area (Å²) in [5, 5.41) is 3.02. The van der Waals surface area contributed by atoms with Crippen molar-refractivity contribution in [3.8, 4) is 16.3 Å². The lowest BCUT2D eigenvalue weighted by Gasteiger charge is -2.08. The van der Waals surface area contributed by atoms with Crippen molar-refractivity contribution in [1.29, 1.82) is 0 Å². The number of thiazole rings is 1. The first-order chi connectivity index (χ1) is 9.06. The second-order valence-corrected chi connectivity index (χ2v) is 5.95. The number of hydrogen-bond donors (Lipinski definition) is 1. The van der Waals surface area contributed by atoms with Crippen molar-refractivity contribution in [2.75, 3.05) is 6.61 Å². The number of nitrogens with two attached hydrogens (primary N) is 1. The van der Waals surface area contributed by atoms with Crippen LogP contribution in [0, 0.1) is 5.92 Å². The minimum atomic E-state index is -0.0151. The van der Waals surface area contributed by atoms with Gasteiger partial charge in [0.1, 0.15) is 10.8 Å². The number of benzene rings is 1. The van der Waals surface area contributed by atoms with E-state index in [4.69, 9.17) is 10.5 Å². The lowest BCUT2D eigenvalue weighted by molar-refractivity contribution is 0.271. The molecule has 0 fully saturated rings. The molecule has 0 amide bonds. The zero-order valence-corrected chi connectivity index (χ0v) is 12.4. The third kappa shape index (κ3) is 3.78. The van der Waals surface area contributed by atoms with E-state index in [0.29, 0.717) is 5.92 Å². The fourth-order valence-electron chi connectivity index (χ4n) is 1.58. The Bertz CT molecular complexity index is 517. The molecular formula is C15H20N2OS. The molecule has 2 aromatic rings. The normalized spacial score (nSPS) is 12.7. The zero-order chi connectivity index (χ0) is 13.8. The highest BCUT2D eigenvalue weighted by Gasteiger charge is 2.07. The predicted molar refractivity (Wildman–Crippen MR) is 80.5 cm³/mol. The number of aromatic nitrogens is 1. The van der Waals surface area contributed by atoms with Crippen LogP contribution in [0.4, 0.5) is 0 Å². The van der Waals surface area contributed by atoms with Crippen LogP contribution in [0.2, 0.25) is 0 Å². The highest BCUT2D eigenvalue weighted by atomic mass is 32.1. The number of rotatable bonds is 5. The molecule has 0 bridgehead atoms. The van der Waals surface area contributed by atoms with Crippen molar-refractivity contribution < 1.29 is 4.74 Å². The summed E-state index contributed by atoms with van der Waals surface area (Å²) in [5.74, 6) is 1.44. The Morgan fingerprint density at radius 1 is 1.21 bits per heavy atom. The van der Waals surface area contributed by atoms with Gasteiger partial charge in [0.25, 0.3) is 0 Å². The summed E-state index contributed by atoms with van der Waals surface area (Å²) in [6.45, 7) is 6.96. The van der Waals surface area contributed by atoms with E-state index in [1.807, 2.05) is 36.6 Å². The zero-order valence-electron chi connectivity index (χ0n) is 11.6. The summed E-state index contributed by atoms with van der Waals surface area (Å²) >= 11 is 1.62. The maximum absolute atomic E-state index is 5.82. The lowest BCUT2D eigenvalue weighted by Crippen LogP contribution is -2.05. The van der Waals surface area contributed by atoms with Crippen LogP contribution >= 0.6 is 11.3 Å². The van der Waals surface area contributed by atoms with Crippen LogP contribution in [0.1, 0.15) is 32.5 Å². The van der Waals surface area contributed by atoms with Gasteiger partial charge >= 0.3 is 0 Å². The number of hydrogen-bond acceptors (Lipinski definition) is 4. The molecular weight excluding hydrogens is 256 g/mol. The second-order valence-electron chi connectivity index (χ2n) is 5.10. The Morgan fingerprint density at radius 3 is 2.42 bits per heavy atom. The maximum atomic E-state index is 5.82. The van der Waals surface area contributed by atoms with Gasteiger partial charge in [0, 0.05) is 17.0 Å². The van der Waals surface area contributed by atoms with E-state index in [2.05, 4.69) is 18.8 Å². The fourth-order valence-corrected chi connectivity index (χ4v) is 2.51. The van der Waals surface area contributed by atoms with Crippen LogP contribution in [-0.4, -0.2) is 11.6 Å². The summed E-state index contributed by atoms with van der Waals surface area (Å²) in [4.78, 5) is 4.54. The first-order valence-corrected chi connectivity index (χ1v) is 7.38. The van der Waals surface area contributed by atoms with Gasteiger partial charge in [-0.25, -0.2) is 4.98 Å². The Kier molecular flexibility index (Phi) is 4.56. The predicted octanol–water partition coefficient (Wildman–Crippen LogP) is 3.86. The molecule has 0 radical (unpaired) electrons. The van der Waals surface area contributed by atoms with Crippen LogP contribution in [-0.2, 0) is 0 Å². The molecule has 1 unspecified atom stereocenters. The van der Waals surface area contributed by atoms with E-state index in [9.17, 15) is 0 Å². The monoisotopic (exact) mass is 276 g/mol. The van der Waals surface area contributed by atoms with Crippen molar-refractivity contribution in [3.63, 3.8) is 0 Å². The third-order valence-corrected chi connectivity index (χ3v) is 3.58. The minimum absolute atomic E-state index is 0.0151. The molecule has 0 saturated carbocycles. The summed E-state index contributed by atoms with van der Waals surface area (Å²) in [6, 6.07) is 8.05. The highest BCUT2D eigenvalue weighted by Crippen LogP contribution is 2.27. The van der Waals surface area contributed by atoms with Gasteiger partial charge in [-0.1, -0.05) is 13.8 Å². The molecule has 0 spiro atoms. The van der Waals surface area contributed by atoms with E-state index >= 15 is 0 Å². The van der Waals surface area contributed by atoms with Crippen LogP contribution in [0.5, 0.6) is 5.75 Å². The van der Waals surface area contributed by atoms with Gasteiger partial charge in [0.2, 0.25) is 0 Å². The molecule has 1 heterocycles. The first kappa shape index (κ1) is 14.0. The van der Waals surface area contributed by atoms with Crippen molar-refractivity contribution >= 4 is 11.3 Å². The van der Waals surface area contributed by atoms with Crippen molar-refractivity contribution in [1.82, 2.24) is 4.98 Å². The van der Waals surface area contributed by atoms with Crippen LogP contribution in [0.15, 0.2) is 29.6 Å². The molecule has 1 atom stereocenters. The summed E-state index contributed by atoms with van der Waals surface area (Å²) in [7, 11) is 0. The molecule has 2 N–H and O–H groups in total. The van der Waals surface area contributed by atoms with E-state index in [1.165, 1.54) is 0 Å². The molecule has 0 aliphatic carbocycles. The van der Waals surface area contributed by atoms with E-state index in [1.54, 1.807) is 11.3 Å².